The van der Waals surface area contributed by atoms with E-state index in [9.17, 15) is 0 Å². The maximum absolute atomic E-state index is 5.72. The zero-order chi connectivity index (χ0) is 9.26. The van der Waals surface area contributed by atoms with E-state index in [2.05, 4.69) is 31.2 Å². The van der Waals surface area contributed by atoms with Gasteiger partial charge in [0.15, 0.2) is 0 Å². The number of fused-ring (bicyclic) bond motifs is 1. The van der Waals surface area contributed by atoms with Crippen LogP contribution >= 0.6 is 0 Å². The molecule has 0 saturated carbocycles. The molecule has 2 unspecified atom stereocenters. The van der Waals surface area contributed by atoms with Gasteiger partial charge in [-0.05, 0) is 19.9 Å². The van der Waals surface area contributed by atoms with Crippen LogP contribution in [0.15, 0.2) is 36.4 Å². The zero-order valence-corrected chi connectivity index (χ0v) is 8.03. The van der Waals surface area contributed by atoms with Gasteiger partial charge in [-0.3, -0.25) is 0 Å². The predicted molar refractivity (Wildman–Crippen MR) is 54.1 cm³/mol. The molecule has 0 aromatic heterocycles. The van der Waals surface area contributed by atoms with Crippen LogP contribution in [0, 0.1) is 0 Å². The minimum atomic E-state index is 0.272. The van der Waals surface area contributed by atoms with E-state index in [1.54, 1.807) is 0 Å². The van der Waals surface area contributed by atoms with Gasteiger partial charge in [-0.2, -0.15) is 0 Å². The topological polar surface area (TPSA) is 9.23 Å². The van der Waals surface area contributed by atoms with E-state index >= 15 is 0 Å². The first-order valence-electron chi connectivity index (χ1n) is 4.71. The van der Waals surface area contributed by atoms with E-state index in [1.807, 2.05) is 19.1 Å². The molecule has 0 N–H and O–H groups in total. The van der Waals surface area contributed by atoms with Crippen molar-refractivity contribution in [3.63, 3.8) is 0 Å². The van der Waals surface area contributed by atoms with Gasteiger partial charge in [0.1, 0.15) is 11.9 Å². The summed E-state index contributed by atoms with van der Waals surface area (Å²) in [6.45, 7) is 4.16. The number of allylic oxidation sites excluding steroid dienone is 1. The fourth-order valence-electron chi connectivity index (χ4n) is 1.86. The Hall–Kier alpha value is -1.24. The third-order valence-electron chi connectivity index (χ3n) is 2.50. The highest BCUT2D eigenvalue weighted by Crippen LogP contribution is 2.38. The molecule has 2 rings (SSSR count). The maximum Gasteiger partial charge on any atom is 0.123 e. The molecule has 0 fully saturated rings. The number of rotatable bonds is 1. The summed E-state index contributed by atoms with van der Waals surface area (Å²) in [5, 5.41) is 0. The maximum atomic E-state index is 5.72. The summed E-state index contributed by atoms with van der Waals surface area (Å²) in [5.41, 5.74) is 1.31. The molecule has 1 nitrogen and oxygen atoms in total. The van der Waals surface area contributed by atoms with Crippen LogP contribution in [0.2, 0.25) is 0 Å². The molecular formula is C12H14O. The van der Waals surface area contributed by atoms with Crippen molar-refractivity contribution in [2.45, 2.75) is 25.9 Å². The van der Waals surface area contributed by atoms with E-state index in [4.69, 9.17) is 4.74 Å². The van der Waals surface area contributed by atoms with Crippen LogP contribution < -0.4 is 4.74 Å². The Morgan fingerprint density at radius 1 is 1.31 bits per heavy atom. The smallest absolute Gasteiger partial charge is 0.123 e. The van der Waals surface area contributed by atoms with Crippen molar-refractivity contribution >= 4 is 0 Å². The molecule has 0 saturated heterocycles. The van der Waals surface area contributed by atoms with Gasteiger partial charge in [0.25, 0.3) is 0 Å². The first kappa shape index (κ1) is 8.36. The van der Waals surface area contributed by atoms with Gasteiger partial charge < -0.3 is 4.74 Å². The molecule has 0 bridgehead atoms. The first-order chi connectivity index (χ1) is 6.33. The molecule has 68 valence electrons. The lowest BCUT2D eigenvalue weighted by Gasteiger charge is -2.09. The molecule has 0 amide bonds. The Morgan fingerprint density at radius 2 is 2.08 bits per heavy atom. The van der Waals surface area contributed by atoms with Gasteiger partial charge in [0, 0.05) is 11.5 Å². The normalized spacial score (nSPS) is 26.0. The van der Waals surface area contributed by atoms with Crippen LogP contribution in [0.25, 0.3) is 0 Å². The van der Waals surface area contributed by atoms with Gasteiger partial charge in [-0.1, -0.05) is 30.4 Å². The Balaban J connectivity index is 2.40. The third-order valence-corrected chi connectivity index (χ3v) is 2.50. The van der Waals surface area contributed by atoms with E-state index < -0.39 is 0 Å². The van der Waals surface area contributed by atoms with E-state index in [0.29, 0.717) is 5.92 Å². The quantitative estimate of drug-likeness (QED) is 0.594. The molecule has 1 heterocycles. The van der Waals surface area contributed by atoms with E-state index in [-0.39, 0.29) is 6.10 Å². The van der Waals surface area contributed by atoms with Crippen LogP contribution in [0.3, 0.4) is 0 Å². The largest absolute Gasteiger partial charge is 0.489 e. The summed E-state index contributed by atoms with van der Waals surface area (Å²) in [6, 6.07) is 8.26. The SMILES string of the molecule is C/C=C\C1c2ccccc2OC1C. The van der Waals surface area contributed by atoms with E-state index in [1.165, 1.54) is 5.56 Å². The van der Waals surface area contributed by atoms with Crippen molar-refractivity contribution in [3.8, 4) is 5.75 Å². The van der Waals surface area contributed by atoms with E-state index in [0.717, 1.165) is 5.75 Å². The molecule has 13 heavy (non-hydrogen) atoms. The molecular weight excluding hydrogens is 160 g/mol. The van der Waals surface area contributed by atoms with Crippen LogP contribution in [0.5, 0.6) is 5.75 Å². The highest BCUT2D eigenvalue weighted by atomic mass is 16.5. The average molecular weight is 174 g/mol. The van der Waals surface area contributed by atoms with Crippen molar-refractivity contribution in [1.82, 2.24) is 0 Å². The Labute approximate surface area is 79.0 Å². The predicted octanol–water partition coefficient (Wildman–Crippen LogP) is 3.13. The minimum absolute atomic E-state index is 0.272. The molecule has 0 spiro atoms. The van der Waals surface area contributed by atoms with Crippen LogP contribution in [0.4, 0.5) is 0 Å². The van der Waals surface area contributed by atoms with Gasteiger partial charge >= 0.3 is 0 Å². The van der Waals surface area contributed by atoms with Crippen LogP contribution in [-0.2, 0) is 0 Å². The highest BCUT2D eigenvalue weighted by Gasteiger charge is 2.28. The number of para-hydroxylation sites is 1. The minimum Gasteiger partial charge on any atom is -0.489 e. The molecule has 1 aliphatic rings. The number of hydrogen-bond donors (Lipinski definition) is 0. The Morgan fingerprint density at radius 3 is 2.85 bits per heavy atom. The first-order valence-corrected chi connectivity index (χ1v) is 4.71. The van der Waals surface area contributed by atoms with Crippen molar-refractivity contribution in [2.75, 3.05) is 0 Å². The zero-order valence-electron chi connectivity index (χ0n) is 8.03. The highest BCUT2D eigenvalue weighted by molar-refractivity contribution is 5.43. The van der Waals surface area contributed by atoms with Gasteiger partial charge in [0.05, 0.1) is 0 Å². The van der Waals surface area contributed by atoms with Crippen molar-refractivity contribution in [1.29, 1.82) is 0 Å². The fourth-order valence-corrected chi connectivity index (χ4v) is 1.86. The van der Waals surface area contributed by atoms with Crippen LogP contribution in [0.1, 0.15) is 25.3 Å². The molecule has 1 aromatic rings. The summed E-state index contributed by atoms with van der Waals surface area (Å²) in [7, 11) is 0. The molecule has 2 atom stereocenters. The summed E-state index contributed by atoms with van der Waals surface area (Å²) in [4.78, 5) is 0. The lowest BCUT2D eigenvalue weighted by molar-refractivity contribution is 0.241. The van der Waals surface area contributed by atoms with Gasteiger partial charge in [-0.25, -0.2) is 0 Å². The van der Waals surface area contributed by atoms with Crippen molar-refractivity contribution in [3.05, 3.63) is 42.0 Å². The van der Waals surface area contributed by atoms with Gasteiger partial charge in [0.2, 0.25) is 0 Å². The molecule has 1 aliphatic heterocycles. The molecule has 1 aromatic carbocycles. The van der Waals surface area contributed by atoms with Crippen LogP contribution in [-0.4, -0.2) is 6.10 Å². The molecule has 0 aliphatic carbocycles. The average Bonchev–Trinajstić information content (AvgIpc) is 2.44. The monoisotopic (exact) mass is 174 g/mol. The number of hydrogen-bond acceptors (Lipinski definition) is 1. The second-order valence-corrected chi connectivity index (χ2v) is 3.41. The Kier molecular flexibility index (Phi) is 2.09. The Bertz CT molecular complexity index is 328. The van der Waals surface area contributed by atoms with Gasteiger partial charge in [-0.15, -0.1) is 0 Å². The summed E-state index contributed by atoms with van der Waals surface area (Å²) < 4.78 is 5.72. The molecule has 0 radical (unpaired) electrons. The third kappa shape index (κ3) is 1.35. The summed E-state index contributed by atoms with van der Waals surface area (Å²) >= 11 is 0. The standard InChI is InChI=1S/C12H14O/c1-3-6-10-9(2)13-12-8-5-4-7-11(10)12/h3-10H,1-2H3/b6-3-. The lowest BCUT2D eigenvalue weighted by Crippen LogP contribution is -2.11. The summed E-state index contributed by atoms with van der Waals surface area (Å²) in [6.07, 6.45) is 4.57. The van der Waals surface area contributed by atoms with Crippen molar-refractivity contribution in [2.24, 2.45) is 0 Å². The second kappa shape index (κ2) is 3.25. The number of benzene rings is 1. The second-order valence-electron chi connectivity index (χ2n) is 3.41. The number of ether oxygens (including phenoxy) is 1. The molecule has 1 heteroatoms. The summed E-state index contributed by atoms with van der Waals surface area (Å²) in [5.74, 6) is 1.47. The lowest BCUT2D eigenvalue weighted by atomic mass is 9.96. The fraction of sp³-hybridized carbons (Fsp3) is 0.333. The van der Waals surface area contributed by atoms with Crippen molar-refractivity contribution < 1.29 is 4.74 Å².